The largest absolute Gasteiger partial charge is 0.385 e. The predicted octanol–water partition coefficient (Wildman–Crippen LogP) is 2.86. The van der Waals surface area contributed by atoms with E-state index in [4.69, 9.17) is 9.47 Å². The number of hydrogen-bond acceptors (Lipinski definition) is 2. The van der Waals surface area contributed by atoms with Crippen LogP contribution in [0.5, 0.6) is 0 Å². The molecule has 1 heterocycles. The first-order valence-corrected chi connectivity index (χ1v) is 5.29. The fraction of sp³-hybridized carbons (Fsp3) is 1.00. The van der Waals surface area contributed by atoms with Crippen LogP contribution < -0.4 is 0 Å². The Morgan fingerprint density at radius 1 is 1.46 bits per heavy atom. The van der Waals surface area contributed by atoms with Gasteiger partial charge in [-0.2, -0.15) is 0 Å². The minimum atomic E-state index is 0.0927. The first-order chi connectivity index (χ1) is 6.16. The van der Waals surface area contributed by atoms with E-state index in [0.29, 0.717) is 0 Å². The zero-order chi connectivity index (χ0) is 10.3. The minimum absolute atomic E-state index is 0.0927. The summed E-state index contributed by atoms with van der Waals surface area (Å²) in [7, 11) is 1.74. The van der Waals surface area contributed by atoms with E-state index >= 15 is 0 Å². The van der Waals surface area contributed by atoms with Crippen LogP contribution in [0.3, 0.4) is 0 Å². The summed E-state index contributed by atoms with van der Waals surface area (Å²) in [4.78, 5) is 0. The molecule has 0 amide bonds. The summed E-state index contributed by atoms with van der Waals surface area (Å²) in [6, 6.07) is 0. The van der Waals surface area contributed by atoms with Crippen LogP contribution in [0.2, 0.25) is 0 Å². The van der Waals surface area contributed by atoms with Gasteiger partial charge in [0.05, 0.1) is 5.60 Å². The van der Waals surface area contributed by atoms with Crippen molar-refractivity contribution in [3.8, 4) is 0 Å². The van der Waals surface area contributed by atoms with Crippen molar-refractivity contribution >= 4 is 0 Å². The second kappa shape index (κ2) is 6.39. The lowest BCUT2D eigenvalue weighted by Gasteiger charge is -2.22. The Balaban J connectivity index is 0.000000671. The molecule has 1 unspecified atom stereocenters. The van der Waals surface area contributed by atoms with E-state index in [9.17, 15) is 0 Å². The molecule has 0 aromatic rings. The zero-order valence-electron chi connectivity index (χ0n) is 9.72. The highest BCUT2D eigenvalue weighted by Gasteiger charge is 2.33. The Morgan fingerprint density at radius 3 is 2.46 bits per heavy atom. The van der Waals surface area contributed by atoms with Gasteiger partial charge in [0, 0.05) is 20.3 Å². The molecular weight excluding hydrogens is 164 g/mol. The van der Waals surface area contributed by atoms with Crippen molar-refractivity contribution in [2.24, 2.45) is 5.92 Å². The maximum absolute atomic E-state index is 5.67. The Bertz CT molecular complexity index is 125. The van der Waals surface area contributed by atoms with Crippen molar-refractivity contribution < 1.29 is 9.47 Å². The zero-order valence-corrected chi connectivity index (χ0v) is 9.72. The van der Waals surface area contributed by atoms with E-state index in [1.54, 1.807) is 7.11 Å². The fourth-order valence-electron chi connectivity index (χ4n) is 1.69. The molecule has 0 aromatic heterocycles. The molecule has 0 aromatic carbocycles. The molecule has 1 rings (SSSR count). The number of methoxy groups -OCH3 is 1. The van der Waals surface area contributed by atoms with E-state index in [0.717, 1.165) is 25.6 Å². The fourth-order valence-corrected chi connectivity index (χ4v) is 1.69. The van der Waals surface area contributed by atoms with Gasteiger partial charge in [0.25, 0.3) is 0 Å². The Morgan fingerprint density at radius 2 is 2.08 bits per heavy atom. The quantitative estimate of drug-likeness (QED) is 0.678. The van der Waals surface area contributed by atoms with E-state index in [2.05, 4.69) is 13.8 Å². The second-order valence-electron chi connectivity index (χ2n) is 3.81. The van der Waals surface area contributed by atoms with Crippen LogP contribution in [0.15, 0.2) is 0 Å². The highest BCUT2D eigenvalue weighted by Crippen LogP contribution is 2.31. The summed E-state index contributed by atoms with van der Waals surface area (Å²) in [6.07, 6.45) is 2.20. The SMILES string of the molecule is CC.COCC[C@]1(C)CC(C)CO1. The molecule has 13 heavy (non-hydrogen) atoms. The van der Waals surface area contributed by atoms with Gasteiger partial charge in [0.15, 0.2) is 0 Å². The first-order valence-electron chi connectivity index (χ1n) is 5.29. The maximum atomic E-state index is 5.67. The molecule has 1 saturated heterocycles. The molecule has 0 spiro atoms. The summed E-state index contributed by atoms with van der Waals surface area (Å²) in [6.45, 7) is 10.1. The summed E-state index contributed by atoms with van der Waals surface area (Å²) in [5.74, 6) is 0.719. The second-order valence-corrected chi connectivity index (χ2v) is 3.81. The highest BCUT2D eigenvalue weighted by molar-refractivity contribution is 4.83. The molecule has 1 aliphatic rings. The lowest BCUT2D eigenvalue weighted by Crippen LogP contribution is -2.24. The lowest BCUT2D eigenvalue weighted by atomic mass is 9.94. The lowest BCUT2D eigenvalue weighted by molar-refractivity contribution is -0.00506. The average Bonchev–Trinajstić information content (AvgIpc) is 2.47. The maximum Gasteiger partial charge on any atom is 0.0680 e. The van der Waals surface area contributed by atoms with Crippen LogP contribution in [0.1, 0.15) is 40.5 Å². The van der Waals surface area contributed by atoms with Crippen molar-refractivity contribution in [2.75, 3.05) is 20.3 Å². The Hall–Kier alpha value is -0.0800. The van der Waals surface area contributed by atoms with Crippen molar-refractivity contribution in [3.63, 3.8) is 0 Å². The third-order valence-corrected chi connectivity index (χ3v) is 2.33. The third kappa shape index (κ3) is 4.63. The van der Waals surface area contributed by atoms with Gasteiger partial charge < -0.3 is 9.47 Å². The van der Waals surface area contributed by atoms with Crippen molar-refractivity contribution in [3.05, 3.63) is 0 Å². The van der Waals surface area contributed by atoms with E-state index in [1.807, 2.05) is 13.8 Å². The summed E-state index contributed by atoms with van der Waals surface area (Å²) >= 11 is 0. The van der Waals surface area contributed by atoms with E-state index in [-0.39, 0.29) is 5.60 Å². The molecule has 2 heteroatoms. The third-order valence-electron chi connectivity index (χ3n) is 2.33. The molecule has 0 N–H and O–H groups in total. The molecule has 1 fully saturated rings. The highest BCUT2D eigenvalue weighted by atomic mass is 16.5. The van der Waals surface area contributed by atoms with Gasteiger partial charge in [-0.3, -0.25) is 0 Å². The monoisotopic (exact) mass is 188 g/mol. The molecule has 80 valence electrons. The molecule has 0 aliphatic carbocycles. The van der Waals surface area contributed by atoms with Crippen LogP contribution in [0.25, 0.3) is 0 Å². The number of rotatable bonds is 3. The van der Waals surface area contributed by atoms with Crippen molar-refractivity contribution in [2.45, 2.75) is 46.1 Å². The van der Waals surface area contributed by atoms with Gasteiger partial charge in [-0.05, 0) is 25.7 Å². The normalized spacial score (nSPS) is 32.5. The van der Waals surface area contributed by atoms with Gasteiger partial charge in [0.1, 0.15) is 0 Å². The van der Waals surface area contributed by atoms with Crippen LogP contribution >= 0.6 is 0 Å². The van der Waals surface area contributed by atoms with Crippen LogP contribution in [0.4, 0.5) is 0 Å². The molecule has 0 radical (unpaired) electrons. The predicted molar refractivity (Wildman–Crippen MR) is 56.0 cm³/mol. The topological polar surface area (TPSA) is 18.5 Å². The summed E-state index contributed by atoms with van der Waals surface area (Å²) in [5, 5.41) is 0. The standard InChI is InChI=1S/C9H18O2.C2H6/c1-8-6-9(2,11-7-8)4-5-10-3;1-2/h8H,4-7H2,1-3H3;1-2H3/t8?,9-;/m1./s1. The van der Waals surface area contributed by atoms with E-state index < -0.39 is 0 Å². The molecule has 2 atom stereocenters. The number of hydrogen-bond donors (Lipinski definition) is 0. The average molecular weight is 188 g/mol. The first kappa shape index (κ1) is 12.9. The summed E-state index contributed by atoms with van der Waals surface area (Å²) in [5.41, 5.74) is 0.0927. The number of ether oxygens (including phenoxy) is 2. The van der Waals surface area contributed by atoms with Crippen molar-refractivity contribution in [1.82, 2.24) is 0 Å². The molecule has 0 bridgehead atoms. The summed E-state index contributed by atoms with van der Waals surface area (Å²) < 4.78 is 10.7. The van der Waals surface area contributed by atoms with Gasteiger partial charge in [-0.25, -0.2) is 0 Å². The van der Waals surface area contributed by atoms with Crippen LogP contribution in [-0.2, 0) is 9.47 Å². The molecule has 2 nitrogen and oxygen atoms in total. The molecule has 1 aliphatic heterocycles. The van der Waals surface area contributed by atoms with Gasteiger partial charge >= 0.3 is 0 Å². The van der Waals surface area contributed by atoms with E-state index in [1.165, 1.54) is 6.42 Å². The minimum Gasteiger partial charge on any atom is -0.385 e. The van der Waals surface area contributed by atoms with Crippen LogP contribution in [-0.4, -0.2) is 25.9 Å². The Labute approximate surface area is 82.6 Å². The van der Waals surface area contributed by atoms with Crippen LogP contribution in [0, 0.1) is 5.92 Å². The molecular formula is C11H24O2. The van der Waals surface area contributed by atoms with Crippen molar-refractivity contribution in [1.29, 1.82) is 0 Å². The smallest absolute Gasteiger partial charge is 0.0680 e. The van der Waals surface area contributed by atoms with Gasteiger partial charge in [-0.15, -0.1) is 0 Å². The van der Waals surface area contributed by atoms with Gasteiger partial charge in [-0.1, -0.05) is 20.8 Å². The Kier molecular flexibility index (Phi) is 6.35. The van der Waals surface area contributed by atoms with Gasteiger partial charge in [0.2, 0.25) is 0 Å². The molecule has 0 saturated carbocycles.